The van der Waals surface area contributed by atoms with Crippen molar-refractivity contribution in [2.75, 3.05) is 29.6 Å². The Hall–Kier alpha value is -3.23. The Labute approximate surface area is 181 Å². The van der Waals surface area contributed by atoms with Crippen LogP contribution >= 0.6 is 0 Å². The summed E-state index contributed by atoms with van der Waals surface area (Å²) in [6.07, 6.45) is 2.36. The largest absolute Gasteiger partial charge is 0.311 e. The molecule has 0 saturated carbocycles. The number of carbonyl (C=O) groups excluding carboxylic acids is 1. The summed E-state index contributed by atoms with van der Waals surface area (Å²) in [5, 5.41) is 0. The molecule has 2 aromatic carbocycles. The first-order chi connectivity index (χ1) is 14.9. The Bertz CT molecular complexity index is 1260. The molecular weight excluding hydrogens is 412 g/mol. The quantitative estimate of drug-likeness (QED) is 0.633. The van der Waals surface area contributed by atoms with Crippen LogP contribution in [0.25, 0.3) is 0 Å². The van der Waals surface area contributed by atoms with Crippen LogP contribution in [-0.4, -0.2) is 43.4 Å². The van der Waals surface area contributed by atoms with Gasteiger partial charge in [-0.05, 0) is 49.2 Å². The molecule has 0 bridgehead atoms. The fraction of sp³-hybridized carbons (Fsp3) is 0.217. The van der Waals surface area contributed by atoms with E-state index in [4.69, 9.17) is 0 Å². The first kappa shape index (κ1) is 19.7. The van der Waals surface area contributed by atoms with Crippen molar-refractivity contribution >= 4 is 33.1 Å². The van der Waals surface area contributed by atoms with Gasteiger partial charge in [0.15, 0.2) is 5.82 Å². The number of aryl methyl sites for hydroxylation is 1. The summed E-state index contributed by atoms with van der Waals surface area (Å²) in [5.74, 6) is 0.145. The second kappa shape index (κ2) is 7.47. The lowest BCUT2D eigenvalue weighted by Crippen LogP contribution is -2.49. The highest BCUT2D eigenvalue weighted by Crippen LogP contribution is 2.36. The minimum absolute atomic E-state index is 0.0244. The lowest BCUT2D eigenvalue weighted by atomic mass is 10.2. The van der Waals surface area contributed by atoms with Crippen molar-refractivity contribution in [2.24, 2.45) is 0 Å². The van der Waals surface area contributed by atoms with Crippen LogP contribution in [0, 0.1) is 6.92 Å². The third kappa shape index (κ3) is 3.37. The highest BCUT2D eigenvalue weighted by Gasteiger charge is 2.39. The molecule has 0 unspecified atom stereocenters. The summed E-state index contributed by atoms with van der Waals surface area (Å²) < 4.78 is 27.9. The number of carbonyl (C=O) groups is 1. The number of aromatic nitrogens is 1. The number of rotatable bonds is 3. The van der Waals surface area contributed by atoms with Crippen LogP contribution in [-0.2, 0) is 21.2 Å². The van der Waals surface area contributed by atoms with E-state index in [0.717, 1.165) is 28.9 Å². The number of fused-ring (bicyclic) bond motifs is 2. The molecule has 0 fully saturated rings. The van der Waals surface area contributed by atoms with Gasteiger partial charge in [0.05, 0.1) is 13.2 Å². The molecule has 0 aliphatic carbocycles. The van der Waals surface area contributed by atoms with E-state index in [-0.39, 0.29) is 24.0 Å². The summed E-state index contributed by atoms with van der Waals surface area (Å²) in [6, 6.07) is 18.7. The zero-order valence-electron chi connectivity index (χ0n) is 17.1. The van der Waals surface area contributed by atoms with Gasteiger partial charge in [0.2, 0.25) is 15.9 Å². The second-order valence-electron chi connectivity index (χ2n) is 7.77. The van der Waals surface area contributed by atoms with E-state index in [1.807, 2.05) is 60.4 Å². The van der Waals surface area contributed by atoms with Gasteiger partial charge < -0.3 is 9.80 Å². The molecular formula is C23H22N4O3S. The van der Waals surface area contributed by atoms with Gasteiger partial charge in [-0.1, -0.05) is 35.9 Å². The Morgan fingerprint density at radius 3 is 2.61 bits per heavy atom. The predicted molar refractivity (Wildman–Crippen MR) is 119 cm³/mol. The van der Waals surface area contributed by atoms with Gasteiger partial charge in [-0.3, -0.25) is 4.79 Å². The van der Waals surface area contributed by atoms with Gasteiger partial charge in [0.25, 0.3) is 0 Å². The first-order valence-corrected chi connectivity index (χ1v) is 11.6. The van der Waals surface area contributed by atoms with E-state index in [1.54, 1.807) is 23.2 Å². The number of sulfonamides is 1. The molecule has 7 nitrogen and oxygen atoms in total. The van der Waals surface area contributed by atoms with Crippen LogP contribution in [0.5, 0.6) is 0 Å². The average Bonchev–Trinajstić information content (AvgIpc) is 3.21. The molecule has 8 heteroatoms. The van der Waals surface area contributed by atoms with Gasteiger partial charge in [-0.2, -0.15) is 4.31 Å². The Morgan fingerprint density at radius 1 is 1.03 bits per heavy atom. The molecule has 3 aromatic rings. The van der Waals surface area contributed by atoms with Gasteiger partial charge in [0.1, 0.15) is 4.90 Å². The smallest absolute Gasteiger partial charge is 0.248 e. The van der Waals surface area contributed by atoms with Gasteiger partial charge in [-0.25, -0.2) is 13.4 Å². The normalized spacial score (nSPS) is 17.3. The number of pyridine rings is 1. The average molecular weight is 435 g/mol. The summed E-state index contributed by atoms with van der Waals surface area (Å²) in [5.41, 5.74) is 3.89. The first-order valence-electron chi connectivity index (χ1n) is 10.1. The van der Waals surface area contributed by atoms with Gasteiger partial charge in [0, 0.05) is 24.1 Å². The van der Waals surface area contributed by atoms with Crippen molar-refractivity contribution in [1.29, 1.82) is 0 Å². The highest BCUT2D eigenvalue weighted by molar-refractivity contribution is 7.89. The minimum Gasteiger partial charge on any atom is -0.311 e. The van der Waals surface area contributed by atoms with Crippen LogP contribution < -0.4 is 9.80 Å². The summed E-state index contributed by atoms with van der Waals surface area (Å²) >= 11 is 0. The molecule has 0 N–H and O–H groups in total. The molecule has 2 aliphatic heterocycles. The fourth-order valence-electron chi connectivity index (χ4n) is 4.12. The standard InChI is InChI=1S/C23H22N4O3S/c1-17-8-10-19(11-9-17)27-16-25(31(29,30)21-7-4-13-24-23(21)27)15-22(28)26-14-12-18-5-2-3-6-20(18)26/h2-11,13H,12,14-16H2,1H3. The number of para-hydroxylation sites is 1. The monoisotopic (exact) mass is 434 g/mol. The van der Waals surface area contributed by atoms with Crippen molar-refractivity contribution in [3.63, 3.8) is 0 Å². The third-order valence-corrected chi connectivity index (χ3v) is 7.57. The third-order valence-electron chi connectivity index (χ3n) is 5.77. The number of hydrogen-bond acceptors (Lipinski definition) is 5. The van der Waals surface area contributed by atoms with Crippen molar-refractivity contribution in [2.45, 2.75) is 18.2 Å². The summed E-state index contributed by atoms with van der Waals surface area (Å²) in [4.78, 5) is 21.1. The Morgan fingerprint density at radius 2 is 1.81 bits per heavy atom. The molecule has 1 amide bonds. The van der Waals surface area contributed by atoms with E-state index in [9.17, 15) is 13.2 Å². The zero-order valence-corrected chi connectivity index (χ0v) is 17.9. The van der Waals surface area contributed by atoms with Gasteiger partial charge >= 0.3 is 0 Å². The van der Waals surface area contributed by atoms with Crippen LogP contribution in [0.2, 0.25) is 0 Å². The van der Waals surface area contributed by atoms with Crippen molar-refractivity contribution in [3.8, 4) is 0 Å². The van der Waals surface area contributed by atoms with Crippen LogP contribution in [0.1, 0.15) is 11.1 Å². The zero-order chi connectivity index (χ0) is 21.6. The Kier molecular flexibility index (Phi) is 4.75. The number of anilines is 3. The van der Waals surface area contributed by atoms with Crippen LogP contribution in [0.15, 0.2) is 71.8 Å². The van der Waals surface area contributed by atoms with E-state index >= 15 is 0 Å². The molecule has 0 atom stereocenters. The minimum atomic E-state index is -3.85. The van der Waals surface area contributed by atoms with Crippen molar-refractivity contribution in [1.82, 2.24) is 9.29 Å². The van der Waals surface area contributed by atoms with Crippen molar-refractivity contribution < 1.29 is 13.2 Å². The topological polar surface area (TPSA) is 73.8 Å². The SMILES string of the molecule is Cc1ccc(N2CN(CC(=O)N3CCc4ccccc43)S(=O)(=O)c3cccnc32)cc1. The van der Waals surface area contributed by atoms with E-state index in [1.165, 1.54) is 4.31 Å². The van der Waals surface area contributed by atoms with Crippen LogP contribution in [0.3, 0.4) is 0 Å². The fourth-order valence-corrected chi connectivity index (χ4v) is 5.59. The lowest BCUT2D eigenvalue weighted by Gasteiger charge is -2.36. The molecule has 31 heavy (non-hydrogen) atoms. The maximum absolute atomic E-state index is 13.3. The molecule has 0 saturated heterocycles. The maximum Gasteiger partial charge on any atom is 0.248 e. The summed E-state index contributed by atoms with van der Waals surface area (Å²) in [7, 11) is -3.85. The number of amides is 1. The molecule has 3 heterocycles. The molecule has 0 radical (unpaired) electrons. The molecule has 158 valence electrons. The van der Waals surface area contributed by atoms with Crippen LogP contribution in [0.4, 0.5) is 17.2 Å². The number of hydrogen-bond donors (Lipinski definition) is 0. The van der Waals surface area contributed by atoms with E-state index in [0.29, 0.717) is 12.4 Å². The highest BCUT2D eigenvalue weighted by atomic mass is 32.2. The molecule has 0 spiro atoms. The lowest BCUT2D eigenvalue weighted by molar-refractivity contribution is -0.118. The van der Waals surface area contributed by atoms with Crippen molar-refractivity contribution in [3.05, 3.63) is 78.0 Å². The van der Waals surface area contributed by atoms with E-state index < -0.39 is 10.0 Å². The van der Waals surface area contributed by atoms with Gasteiger partial charge in [-0.15, -0.1) is 0 Å². The Balaban J connectivity index is 1.49. The second-order valence-corrected chi connectivity index (χ2v) is 9.68. The molecule has 2 aliphatic rings. The number of nitrogens with zero attached hydrogens (tertiary/aromatic N) is 4. The van der Waals surface area contributed by atoms with E-state index in [2.05, 4.69) is 4.98 Å². The predicted octanol–water partition coefficient (Wildman–Crippen LogP) is 3.08. The summed E-state index contributed by atoms with van der Waals surface area (Å²) in [6.45, 7) is 2.35. The molecule has 1 aromatic heterocycles. The number of benzene rings is 2. The molecule has 5 rings (SSSR count). The maximum atomic E-state index is 13.3.